The third-order valence-electron chi connectivity index (χ3n) is 6.64. The van der Waals surface area contributed by atoms with Crippen molar-refractivity contribution in [2.45, 2.75) is 39.2 Å². The molecule has 0 aliphatic carbocycles. The van der Waals surface area contributed by atoms with Crippen molar-refractivity contribution in [3.05, 3.63) is 53.5 Å². The van der Waals surface area contributed by atoms with Gasteiger partial charge in [0.1, 0.15) is 17.4 Å². The molecule has 0 bridgehead atoms. The maximum Gasteiger partial charge on any atom is 0.291 e. The van der Waals surface area contributed by atoms with Crippen LogP contribution in [0.15, 0.2) is 40.8 Å². The van der Waals surface area contributed by atoms with Gasteiger partial charge in [0.2, 0.25) is 11.6 Å². The number of likely N-dealkylation sites (tertiary alicyclic amines) is 1. The van der Waals surface area contributed by atoms with Crippen LogP contribution < -0.4 is 4.74 Å². The number of hydrogen-bond acceptors (Lipinski definition) is 7. The predicted octanol–water partition coefficient (Wildman–Crippen LogP) is 3.44. The lowest BCUT2D eigenvalue weighted by Crippen LogP contribution is -2.39. The first-order valence-corrected chi connectivity index (χ1v) is 12.5. The summed E-state index contributed by atoms with van der Waals surface area (Å²) in [5.74, 6) is -1.47. The second-order valence-electron chi connectivity index (χ2n) is 9.14. The minimum atomic E-state index is -1.14. The highest BCUT2D eigenvalue weighted by Crippen LogP contribution is 2.39. The van der Waals surface area contributed by atoms with Crippen LogP contribution in [0.3, 0.4) is 0 Å². The smallest absolute Gasteiger partial charge is 0.291 e. The molecule has 2 fully saturated rings. The van der Waals surface area contributed by atoms with Crippen molar-refractivity contribution < 1.29 is 28.3 Å². The van der Waals surface area contributed by atoms with Gasteiger partial charge < -0.3 is 18.8 Å². The fourth-order valence-electron chi connectivity index (χ4n) is 4.70. The molecule has 1 amide bonds. The normalized spacial score (nSPS) is 21.0. The number of aryl methyl sites for hydroxylation is 1. The topological polar surface area (TPSA) is 89.3 Å². The molecular formula is C27H34N2O6. The third kappa shape index (κ3) is 5.82. The number of benzene rings is 1. The van der Waals surface area contributed by atoms with Gasteiger partial charge in [0.15, 0.2) is 5.76 Å². The molecule has 1 aromatic heterocycles. The Hall–Kier alpha value is -2.97. The van der Waals surface area contributed by atoms with Gasteiger partial charge in [-0.3, -0.25) is 19.3 Å². The molecule has 188 valence electrons. The molecule has 8 heteroatoms. The number of nitrogens with zero attached hydrogens (tertiary/aromatic N) is 2. The van der Waals surface area contributed by atoms with Crippen LogP contribution in [0.1, 0.15) is 54.1 Å². The van der Waals surface area contributed by atoms with Crippen LogP contribution in [0.2, 0.25) is 0 Å². The second kappa shape index (κ2) is 11.6. The van der Waals surface area contributed by atoms with Crippen LogP contribution in [0.5, 0.6) is 5.75 Å². The Labute approximate surface area is 206 Å². The van der Waals surface area contributed by atoms with Gasteiger partial charge in [-0.15, -0.1) is 0 Å². The van der Waals surface area contributed by atoms with Crippen LogP contribution in [0.25, 0.3) is 0 Å². The molecule has 2 atom stereocenters. The van der Waals surface area contributed by atoms with Gasteiger partial charge in [0.25, 0.3) is 5.91 Å². The number of morpholine rings is 1. The Morgan fingerprint density at radius 3 is 2.43 bits per heavy atom. The second-order valence-corrected chi connectivity index (χ2v) is 9.14. The average Bonchev–Trinajstić information content (AvgIpc) is 3.41. The van der Waals surface area contributed by atoms with E-state index in [9.17, 15) is 14.4 Å². The first kappa shape index (κ1) is 25.1. The molecule has 3 heterocycles. The van der Waals surface area contributed by atoms with Gasteiger partial charge in [-0.1, -0.05) is 25.5 Å². The average molecular weight is 483 g/mol. The lowest BCUT2D eigenvalue weighted by Gasteiger charge is -2.30. The fourth-order valence-corrected chi connectivity index (χ4v) is 4.70. The van der Waals surface area contributed by atoms with Crippen molar-refractivity contribution in [2.75, 3.05) is 46.0 Å². The summed E-state index contributed by atoms with van der Waals surface area (Å²) in [6.07, 6.45) is 2.71. The molecule has 35 heavy (non-hydrogen) atoms. The highest BCUT2D eigenvalue weighted by molar-refractivity contribution is 6.43. The highest BCUT2D eigenvalue weighted by atomic mass is 16.5. The Kier molecular flexibility index (Phi) is 8.36. The molecule has 8 nitrogen and oxygen atoms in total. The van der Waals surface area contributed by atoms with Crippen LogP contribution in [0.4, 0.5) is 0 Å². The number of carbonyl (C=O) groups excluding carboxylic acids is 3. The predicted molar refractivity (Wildman–Crippen MR) is 129 cm³/mol. The minimum absolute atomic E-state index is 0.105. The van der Waals surface area contributed by atoms with Crippen molar-refractivity contribution in [1.82, 2.24) is 9.80 Å². The number of carbonyl (C=O) groups is 3. The first-order chi connectivity index (χ1) is 17.0. The number of hydrogen-bond donors (Lipinski definition) is 0. The largest absolute Gasteiger partial charge is 0.494 e. The Bertz CT molecular complexity index is 1020. The molecule has 2 aromatic rings. The standard InChI is InChI=1S/C27H34N2O6/c1-3-4-16-34-21-9-7-20(8-10-21)24-23(25(30)22-11-6-19(2)35-22)26(31)27(32)29(24)13-5-12-28-14-17-33-18-15-28/h6-11,23-24H,3-5,12-18H2,1-2H3. The molecule has 2 aliphatic heterocycles. The molecule has 4 rings (SSSR count). The first-order valence-electron chi connectivity index (χ1n) is 12.5. The lowest BCUT2D eigenvalue weighted by atomic mass is 9.88. The van der Waals surface area contributed by atoms with Crippen molar-refractivity contribution in [2.24, 2.45) is 5.92 Å². The quantitative estimate of drug-likeness (QED) is 0.210. The highest BCUT2D eigenvalue weighted by Gasteiger charge is 2.52. The molecule has 0 radical (unpaired) electrons. The number of furan rings is 1. The Balaban J connectivity index is 1.56. The van der Waals surface area contributed by atoms with E-state index in [0.29, 0.717) is 38.5 Å². The van der Waals surface area contributed by atoms with Gasteiger partial charge in [-0.05, 0) is 49.6 Å². The SMILES string of the molecule is CCCCOc1ccc(C2C(C(=O)c3ccc(C)o3)C(=O)C(=O)N2CCCN2CCOCC2)cc1. The van der Waals surface area contributed by atoms with Crippen LogP contribution >= 0.6 is 0 Å². The zero-order chi connectivity index (χ0) is 24.8. The minimum Gasteiger partial charge on any atom is -0.494 e. The maximum absolute atomic E-state index is 13.4. The van der Waals surface area contributed by atoms with E-state index in [4.69, 9.17) is 13.9 Å². The van der Waals surface area contributed by atoms with Crippen LogP contribution in [-0.4, -0.2) is 73.3 Å². The van der Waals surface area contributed by atoms with Crippen molar-refractivity contribution in [3.63, 3.8) is 0 Å². The van der Waals surface area contributed by atoms with Crippen molar-refractivity contribution >= 4 is 17.5 Å². The summed E-state index contributed by atoms with van der Waals surface area (Å²) < 4.78 is 16.7. The van der Waals surface area contributed by atoms with Gasteiger partial charge in [0.05, 0.1) is 25.9 Å². The van der Waals surface area contributed by atoms with E-state index in [2.05, 4.69) is 11.8 Å². The number of ketones is 2. The Morgan fingerprint density at radius 2 is 1.77 bits per heavy atom. The summed E-state index contributed by atoms with van der Waals surface area (Å²) in [6.45, 7) is 8.78. The van der Waals surface area contributed by atoms with Crippen LogP contribution in [-0.2, 0) is 14.3 Å². The lowest BCUT2D eigenvalue weighted by molar-refractivity contribution is -0.140. The summed E-state index contributed by atoms with van der Waals surface area (Å²) in [4.78, 5) is 43.4. The number of ether oxygens (including phenoxy) is 2. The number of Topliss-reactive ketones (excluding diaryl/α,β-unsaturated/α-hetero) is 2. The number of rotatable bonds is 11. The molecule has 1 aromatic carbocycles. The van der Waals surface area contributed by atoms with E-state index < -0.39 is 29.4 Å². The zero-order valence-electron chi connectivity index (χ0n) is 20.5. The van der Waals surface area contributed by atoms with E-state index >= 15 is 0 Å². The van der Waals surface area contributed by atoms with E-state index in [-0.39, 0.29) is 5.76 Å². The van der Waals surface area contributed by atoms with Crippen LogP contribution in [0, 0.1) is 12.8 Å². The van der Waals surface area contributed by atoms with Gasteiger partial charge >= 0.3 is 0 Å². The molecule has 0 spiro atoms. The summed E-state index contributed by atoms with van der Waals surface area (Å²) in [7, 11) is 0. The summed E-state index contributed by atoms with van der Waals surface area (Å²) >= 11 is 0. The Morgan fingerprint density at radius 1 is 1.03 bits per heavy atom. The maximum atomic E-state index is 13.4. The molecule has 2 unspecified atom stereocenters. The van der Waals surface area contributed by atoms with E-state index in [1.54, 1.807) is 24.0 Å². The number of unbranched alkanes of at least 4 members (excludes halogenated alkanes) is 1. The summed E-state index contributed by atoms with van der Waals surface area (Å²) in [5.41, 5.74) is 0.736. The van der Waals surface area contributed by atoms with Crippen molar-refractivity contribution in [1.29, 1.82) is 0 Å². The molecule has 2 aliphatic rings. The van der Waals surface area contributed by atoms with E-state index in [0.717, 1.165) is 43.8 Å². The zero-order valence-corrected chi connectivity index (χ0v) is 20.5. The molecule has 2 saturated heterocycles. The molecule has 0 N–H and O–H groups in total. The molecular weight excluding hydrogens is 448 g/mol. The van der Waals surface area contributed by atoms with Gasteiger partial charge in [-0.2, -0.15) is 0 Å². The van der Waals surface area contributed by atoms with E-state index in [1.807, 2.05) is 24.3 Å². The fraction of sp³-hybridized carbons (Fsp3) is 0.519. The molecule has 0 saturated carbocycles. The summed E-state index contributed by atoms with van der Waals surface area (Å²) in [6, 6.07) is 9.94. The number of amides is 1. The van der Waals surface area contributed by atoms with E-state index in [1.165, 1.54) is 0 Å². The third-order valence-corrected chi connectivity index (χ3v) is 6.64. The van der Waals surface area contributed by atoms with Gasteiger partial charge in [0, 0.05) is 26.2 Å². The monoisotopic (exact) mass is 482 g/mol. The van der Waals surface area contributed by atoms with Crippen molar-refractivity contribution in [3.8, 4) is 5.75 Å². The summed E-state index contributed by atoms with van der Waals surface area (Å²) in [5, 5.41) is 0. The van der Waals surface area contributed by atoms with Gasteiger partial charge in [-0.25, -0.2) is 0 Å².